The Morgan fingerprint density at radius 3 is 2.62 bits per heavy atom. The lowest BCUT2D eigenvalue weighted by molar-refractivity contribution is -0.134. The van der Waals surface area contributed by atoms with E-state index in [-0.39, 0.29) is 24.1 Å². The summed E-state index contributed by atoms with van der Waals surface area (Å²) in [6.45, 7) is 3.61. The van der Waals surface area contributed by atoms with Crippen LogP contribution in [0.15, 0.2) is 0 Å². The molecule has 0 radical (unpaired) electrons. The zero-order valence-electron chi connectivity index (χ0n) is 13.2. The number of carbonyl (C=O) groups is 1. The summed E-state index contributed by atoms with van der Waals surface area (Å²) in [6, 6.07) is -0.512. The lowest BCUT2D eigenvalue weighted by Crippen LogP contribution is -2.53. The van der Waals surface area contributed by atoms with Gasteiger partial charge >= 0.3 is 0 Å². The van der Waals surface area contributed by atoms with Crippen LogP contribution in [0, 0.1) is 0 Å². The highest BCUT2D eigenvalue weighted by atomic mass is 35.5. The van der Waals surface area contributed by atoms with Crippen molar-refractivity contribution < 1.29 is 13.2 Å². The maximum Gasteiger partial charge on any atom is 0.240 e. The van der Waals surface area contributed by atoms with Crippen LogP contribution in [0.1, 0.15) is 32.6 Å². The standard InChI is InChI=1S/C13H27N3O3S.ClH/c1-4-11-20(18,19)16-9-6-5-7-12(16)13(17)15(3)10-8-14-2;/h12,14H,4-11H2,1-3H3;1H. The van der Waals surface area contributed by atoms with E-state index in [0.29, 0.717) is 32.5 Å². The van der Waals surface area contributed by atoms with Crippen molar-refractivity contribution >= 4 is 28.3 Å². The van der Waals surface area contributed by atoms with Gasteiger partial charge in [-0.05, 0) is 26.3 Å². The number of hydrogen-bond acceptors (Lipinski definition) is 4. The maximum absolute atomic E-state index is 12.5. The summed E-state index contributed by atoms with van der Waals surface area (Å²) in [5, 5.41) is 2.99. The Morgan fingerprint density at radius 1 is 1.38 bits per heavy atom. The van der Waals surface area contributed by atoms with Crippen molar-refractivity contribution in [1.29, 1.82) is 0 Å². The third kappa shape index (κ3) is 5.73. The average molecular weight is 342 g/mol. The van der Waals surface area contributed by atoms with Gasteiger partial charge in [-0.15, -0.1) is 12.4 Å². The second kappa shape index (κ2) is 9.61. The molecule has 1 fully saturated rings. The van der Waals surface area contributed by atoms with Crippen LogP contribution in [0.4, 0.5) is 0 Å². The van der Waals surface area contributed by atoms with Crippen molar-refractivity contribution in [3.05, 3.63) is 0 Å². The van der Waals surface area contributed by atoms with E-state index in [1.807, 2.05) is 14.0 Å². The predicted molar refractivity (Wildman–Crippen MR) is 87.2 cm³/mol. The Hall–Kier alpha value is -0.370. The fourth-order valence-corrected chi connectivity index (χ4v) is 4.25. The van der Waals surface area contributed by atoms with E-state index in [0.717, 1.165) is 12.8 Å². The molecular weight excluding hydrogens is 314 g/mol. The zero-order valence-corrected chi connectivity index (χ0v) is 14.8. The third-order valence-electron chi connectivity index (χ3n) is 3.63. The van der Waals surface area contributed by atoms with E-state index in [1.165, 1.54) is 4.31 Å². The molecule has 1 heterocycles. The number of amides is 1. The lowest BCUT2D eigenvalue weighted by atomic mass is 10.0. The summed E-state index contributed by atoms with van der Waals surface area (Å²) < 4.78 is 26.0. The van der Waals surface area contributed by atoms with Crippen LogP contribution >= 0.6 is 12.4 Å². The van der Waals surface area contributed by atoms with Crippen LogP contribution in [0.3, 0.4) is 0 Å². The van der Waals surface area contributed by atoms with Crippen molar-refractivity contribution in [2.45, 2.75) is 38.6 Å². The summed E-state index contributed by atoms with van der Waals surface area (Å²) in [6.07, 6.45) is 2.96. The molecule has 8 heteroatoms. The Morgan fingerprint density at radius 2 is 2.05 bits per heavy atom. The van der Waals surface area contributed by atoms with Gasteiger partial charge in [-0.2, -0.15) is 4.31 Å². The number of rotatable bonds is 7. The smallest absolute Gasteiger partial charge is 0.240 e. The van der Waals surface area contributed by atoms with E-state index in [9.17, 15) is 13.2 Å². The van der Waals surface area contributed by atoms with Gasteiger partial charge in [0.05, 0.1) is 5.75 Å². The average Bonchev–Trinajstić information content (AvgIpc) is 2.44. The van der Waals surface area contributed by atoms with Crippen molar-refractivity contribution in [2.24, 2.45) is 0 Å². The number of nitrogens with one attached hydrogen (secondary N) is 1. The van der Waals surface area contributed by atoms with Crippen LogP contribution in [-0.4, -0.2) is 69.1 Å². The normalized spacial score (nSPS) is 19.9. The SMILES string of the molecule is CCCS(=O)(=O)N1CCCCC1C(=O)N(C)CCNC.Cl. The Bertz CT molecular complexity index is 417. The van der Waals surface area contributed by atoms with E-state index < -0.39 is 16.1 Å². The molecule has 1 amide bonds. The zero-order chi connectivity index (χ0) is 15.2. The highest BCUT2D eigenvalue weighted by Gasteiger charge is 2.37. The van der Waals surface area contributed by atoms with Crippen LogP contribution in [0.5, 0.6) is 0 Å². The van der Waals surface area contributed by atoms with E-state index in [2.05, 4.69) is 5.32 Å². The number of sulfonamides is 1. The van der Waals surface area contributed by atoms with Gasteiger partial charge in [-0.3, -0.25) is 4.79 Å². The molecule has 126 valence electrons. The Labute approximate surface area is 134 Å². The molecule has 0 saturated carbocycles. The molecule has 1 aliphatic heterocycles. The first kappa shape index (κ1) is 20.6. The fraction of sp³-hybridized carbons (Fsp3) is 0.923. The molecule has 6 nitrogen and oxygen atoms in total. The molecule has 1 rings (SSSR count). The molecule has 21 heavy (non-hydrogen) atoms. The van der Waals surface area contributed by atoms with E-state index in [1.54, 1.807) is 11.9 Å². The summed E-state index contributed by atoms with van der Waals surface area (Å²) in [4.78, 5) is 14.1. The fourth-order valence-electron chi connectivity index (χ4n) is 2.50. The largest absolute Gasteiger partial charge is 0.343 e. The van der Waals surface area contributed by atoms with Crippen LogP contribution in [0.25, 0.3) is 0 Å². The predicted octanol–water partition coefficient (Wildman–Crippen LogP) is 0.680. The number of likely N-dealkylation sites (N-methyl/N-ethyl adjacent to an activating group) is 2. The molecule has 0 aromatic heterocycles. The summed E-state index contributed by atoms with van der Waals surface area (Å²) >= 11 is 0. The third-order valence-corrected chi connectivity index (χ3v) is 5.71. The summed E-state index contributed by atoms with van der Waals surface area (Å²) in [5.41, 5.74) is 0. The van der Waals surface area contributed by atoms with E-state index >= 15 is 0 Å². The van der Waals surface area contributed by atoms with Gasteiger partial charge in [0.2, 0.25) is 15.9 Å². The van der Waals surface area contributed by atoms with Crippen LogP contribution in [0.2, 0.25) is 0 Å². The lowest BCUT2D eigenvalue weighted by Gasteiger charge is -2.35. The second-order valence-electron chi connectivity index (χ2n) is 5.30. The number of hydrogen-bond donors (Lipinski definition) is 1. The van der Waals surface area contributed by atoms with Gasteiger partial charge in [-0.1, -0.05) is 13.3 Å². The molecule has 1 saturated heterocycles. The minimum atomic E-state index is -3.31. The first-order valence-corrected chi connectivity index (χ1v) is 8.94. The Kier molecular flexibility index (Phi) is 9.44. The number of nitrogens with zero attached hydrogens (tertiary/aromatic N) is 2. The van der Waals surface area contributed by atoms with Crippen LogP contribution in [-0.2, 0) is 14.8 Å². The van der Waals surface area contributed by atoms with Crippen molar-refractivity contribution in [1.82, 2.24) is 14.5 Å². The quantitative estimate of drug-likeness (QED) is 0.739. The Balaban J connectivity index is 0.00000400. The maximum atomic E-state index is 12.5. The van der Waals surface area contributed by atoms with Gasteiger partial charge in [0.15, 0.2) is 0 Å². The minimum absolute atomic E-state index is 0. The van der Waals surface area contributed by atoms with Crippen molar-refractivity contribution in [2.75, 3.05) is 39.5 Å². The van der Waals surface area contributed by atoms with E-state index in [4.69, 9.17) is 0 Å². The molecule has 0 aromatic rings. The first-order valence-electron chi connectivity index (χ1n) is 7.33. The number of carbonyl (C=O) groups excluding carboxylic acids is 1. The summed E-state index contributed by atoms with van der Waals surface area (Å²) in [7, 11) is 0.254. The highest BCUT2D eigenvalue weighted by molar-refractivity contribution is 7.89. The monoisotopic (exact) mass is 341 g/mol. The topological polar surface area (TPSA) is 69.7 Å². The molecule has 1 aliphatic rings. The molecule has 0 bridgehead atoms. The molecule has 1 unspecified atom stereocenters. The van der Waals surface area contributed by atoms with Crippen molar-refractivity contribution in [3.8, 4) is 0 Å². The second-order valence-corrected chi connectivity index (χ2v) is 7.34. The molecule has 0 spiro atoms. The minimum Gasteiger partial charge on any atom is -0.343 e. The van der Waals surface area contributed by atoms with Crippen LogP contribution < -0.4 is 5.32 Å². The summed E-state index contributed by atoms with van der Waals surface area (Å²) in [5.74, 6) is 0.0384. The number of halogens is 1. The highest BCUT2D eigenvalue weighted by Crippen LogP contribution is 2.22. The van der Waals surface area contributed by atoms with Gasteiger partial charge in [-0.25, -0.2) is 8.42 Å². The first-order chi connectivity index (χ1) is 9.44. The van der Waals surface area contributed by atoms with Gasteiger partial charge in [0, 0.05) is 26.7 Å². The molecule has 1 N–H and O–H groups in total. The van der Waals surface area contributed by atoms with Gasteiger partial charge in [0.1, 0.15) is 6.04 Å². The molecule has 1 atom stereocenters. The van der Waals surface area contributed by atoms with Gasteiger partial charge in [0.25, 0.3) is 0 Å². The van der Waals surface area contributed by atoms with Gasteiger partial charge < -0.3 is 10.2 Å². The number of piperidine rings is 1. The molecular formula is C13H28ClN3O3S. The molecule has 0 aromatic carbocycles. The molecule has 0 aliphatic carbocycles. The van der Waals surface area contributed by atoms with Crippen molar-refractivity contribution in [3.63, 3.8) is 0 Å².